The van der Waals surface area contributed by atoms with Gasteiger partial charge in [-0.25, -0.2) is 13.2 Å². The molecule has 1 heterocycles. The van der Waals surface area contributed by atoms with Gasteiger partial charge >= 0.3 is 0 Å². The molecule has 1 saturated heterocycles. The predicted octanol–water partition coefficient (Wildman–Crippen LogP) is 3.32. The molecule has 1 aliphatic heterocycles. The fraction of sp³-hybridized carbons (Fsp3) is 0.600. The summed E-state index contributed by atoms with van der Waals surface area (Å²) in [5.41, 5.74) is 0.430. The topological polar surface area (TPSA) is 15.3 Å². The Hall–Kier alpha value is -1.23. The number of rotatable bonds is 1. The zero-order valence-electron chi connectivity index (χ0n) is 12.3. The normalized spacial score (nSPS) is 24.1. The van der Waals surface area contributed by atoms with Crippen molar-refractivity contribution in [2.24, 2.45) is 5.41 Å². The maximum Gasteiger partial charge on any atom is 0.194 e. The highest BCUT2D eigenvalue weighted by molar-refractivity contribution is 5.49. The summed E-state index contributed by atoms with van der Waals surface area (Å²) in [7, 11) is 0. The van der Waals surface area contributed by atoms with Crippen LogP contribution in [0.15, 0.2) is 12.1 Å². The second-order valence-electron chi connectivity index (χ2n) is 6.55. The summed E-state index contributed by atoms with van der Waals surface area (Å²) < 4.78 is 39.9. The largest absolute Gasteiger partial charge is 0.366 e. The molecule has 0 bridgehead atoms. The maximum atomic E-state index is 13.4. The van der Waals surface area contributed by atoms with Crippen molar-refractivity contribution < 1.29 is 13.2 Å². The molecule has 2 atom stereocenters. The molecule has 0 spiro atoms. The summed E-state index contributed by atoms with van der Waals surface area (Å²) in [5.74, 6) is -3.69. The first-order valence-corrected chi connectivity index (χ1v) is 6.84. The zero-order chi connectivity index (χ0) is 15.1. The molecule has 0 saturated carbocycles. The molecule has 1 aromatic rings. The smallest absolute Gasteiger partial charge is 0.194 e. The number of hydrogen-bond acceptors (Lipinski definition) is 2. The molecule has 112 valence electrons. The van der Waals surface area contributed by atoms with E-state index in [1.165, 1.54) is 0 Å². The van der Waals surface area contributed by atoms with E-state index < -0.39 is 17.5 Å². The number of hydrogen-bond donors (Lipinski definition) is 1. The van der Waals surface area contributed by atoms with Crippen LogP contribution in [0, 0.1) is 22.9 Å². The lowest BCUT2D eigenvalue weighted by Gasteiger charge is -2.45. The van der Waals surface area contributed by atoms with Crippen LogP contribution in [0.25, 0.3) is 0 Å². The third-order valence-corrected chi connectivity index (χ3v) is 3.92. The predicted molar refractivity (Wildman–Crippen MR) is 74.4 cm³/mol. The minimum atomic E-state index is -1.41. The van der Waals surface area contributed by atoms with Crippen molar-refractivity contribution in [3.63, 3.8) is 0 Å². The number of nitrogens with one attached hydrogen (secondary N) is 1. The Labute approximate surface area is 118 Å². The molecule has 20 heavy (non-hydrogen) atoms. The molecule has 1 aliphatic rings. The Morgan fingerprint density at radius 1 is 1.15 bits per heavy atom. The highest BCUT2D eigenvalue weighted by atomic mass is 19.2. The minimum Gasteiger partial charge on any atom is -0.366 e. The van der Waals surface area contributed by atoms with Crippen LogP contribution >= 0.6 is 0 Å². The van der Waals surface area contributed by atoms with E-state index >= 15 is 0 Å². The average molecular weight is 286 g/mol. The third-order valence-electron chi connectivity index (χ3n) is 3.92. The molecule has 0 radical (unpaired) electrons. The van der Waals surface area contributed by atoms with Crippen molar-refractivity contribution in [1.82, 2.24) is 5.32 Å². The van der Waals surface area contributed by atoms with Crippen LogP contribution in [0.2, 0.25) is 0 Å². The lowest BCUT2D eigenvalue weighted by atomic mass is 9.84. The molecule has 0 aliphatic carbocycles. The van der Waals surface area contributed by atoms with Gasteiger partial charge < -0.3 is 10.2 Å². The first kappa shape index (κ1) is 15.2. The molecule has 2 unspecified atom stereocenters. The van der Waals surface area contributed by atoms with Crippen molar-refractivity contribution >= 4 is 5.69 Å². The van der Waals surface area contributed by atoms with Gasteiger partial charge in [0.2, 0.25) is 0 Å². The number of nitrogens with zero attached hydrogens (tertiary/aromatic N) is 1. The molecular formula is C15H21F3N2. The standard InChI is InChI=1S/C15H21F3N2/c1-9-7-19-13(15(2,3)4)8-20(9)10-5-11(16)14(18)12(17)6-10/h5-6,9,13,19H,7-8H2,1-4H3. The molecule has 0 amide bonds. The van der Waals surface area contributed by atoms with Crippen LogP contribution in [0.4, 0.5) is 18.9 Å². The number of piperazine rings is 1. The molecule has 5 heteroatoms. The van der Waals surface area contributed by atoms with E-state index in [-0.39, 0.29) is 17.5 Å². The van der Waals surface area contributed by atoms with Crippen LogP contribution < -0.4 is 10.2 Å². The summed E-state index contributed by atoms with van der Waals surface area (Å²) >= 11 is 0. The summed E-state index contributed by atoms with van der Waals surface area (Å²) in [5, 5.41) is 3.45. The quantitative estimate of drug-likeness (QED) is 0.797. The van der Waals surface area contributed by atoms with E-state index in [1.807, 2.05) is 11.8 Å². The minimum absolute atomic E-state index is 0.0372. The SMILES string of the molecule is CC1CNC(C(C)(C)C)CN1c1cc(F)c(F)c(F)c1. The molecular weight excluding hydrogens is 265 g/mol. The second kappa shape index (κ2) is 5.28. The van der Waals surface area contributed by atoms with Gasteiger partial charge in [-0.15, -0.1) is 0 Å². The molecule has 2 rings (SSSR count). The fourth-order valence-electron chi connectivity index (χ4n) is 2.51. The molecule has 1 fully saturated rings. The lowest BCUT2D eigenvalue weighted by Crippen LogP contribution is -2.59. The van der Waals surface area contributed by atoms with Gasteiger partial charge in [0.05, 0.1) is 0 Å². The molecule has 0 aromatic heterocycles. The van der Waals surface area contributed by atoms with Crippen molar-refractivity contribution in [2.75, 3.05) is 18.0 Å². The van der Waals surface area contributed by atoms with Crippen molar-refractivity contribution in [3.8, 4) is 0 Å². The Balaban J connectivity index is 2.30. The summed E-state index contributed by atoms with van der Waals surface area (Å²) in [6, 6.07) is 2.44. The Morgan fingerprint density at radius 2 is 1.70 bits per heavy atom. The van der Waals surface area contributed by atoms with E-state index in [4.69, 9.17) is 0 Å². The van der Waals surface area contributed by atoms with Crippen LogP contribution in [0.1, 0.15) is 27.7 Å². The zero-order valence-corrected chi connectivity index (χ0v) is 12.3. The number of halogens is 3. The van der Waals surface area contributed by atoms with Gasteiger partial charge in [-0.3, -0.25) is 0 Å². The van der Waals surface area contributed by atoms with Gasteiger partial charge in [-0.1, -0.05) is 20.8 Å². The van der Waals surface area contributed by atoms with Gasteiger partial charge in [0.25, 0.3) is 0 Å². The average Bonchev–Trinajstić information content (AvgIpc) is 2.34. The molecule has 2 nitrogen and oxygen atoms in total. The Kier molecular flexibility index (Phi) is 4.00. The van der Waals surface area contributed by atoms with Gasteiger partial charge in [0.15, 0.2) is 17.5 Å². The van der Waals surface area contributed by atoms with Crippen LogP contribution in [-0.2, 0) is 0 Å². The highest BCUT2D eigenvalue weighted by Gasteiger charge is 2.33. The Morgan fingerprint density at radius 3 is 2.20 bits per heavy atom. The van der Waals surface area contributed by atoms with Crippen molar-refractivity contribution in [1.29, 1.82) is 0 Å². The monoisotopic (exact) mass is 286 g/mol. The molecule has 1 aromatic carbocycles. The van der Waals surface area contributed by atoms with E-state index in [2.05, 4.69) is 26.1 Å². The lowest BCUT2D eigenvalue weighted by molar-refractivity contribution is 0.238. The summed E-state index contributed by atoms with van der Waals surface area (Å²) in [4.78, 5) is 1.93. The summed E-state index contributed by atoms with van der Waals surface area (Å²) in [6.07, 6.45) is 0. The van der Waals surface area contributed by atoms with Gasteiger partial charge in [-0.2, -0.15) is 0 Å². The third kappa shape index (κ3) is 2.92. The van der Waals surface area contributed by atoms with Crippen molar-refractivity contribution in [3.05, 3.63) is 29.6 Å². The van der Waals surface area contributed by atoms with Gasteiger partial charge in [0.1, 0.15) is 0 Å². The first-order chi connectivity index (χ1) is 9.20. The number of anilines is 1. The van der Waals surface area contributed by atoms with E-state index in [9.17, 15) is 13.2 Å². The first-order valence-electron chi connectivity index (χ1n) is 6.84. The maximum absolute atomic E-state index is 13.4. The van der Waals surface area contributed by atoms with Crippen LogP contribution in [0.5, 0.6) is 0 Å². The van der Waals surface area contributed by atoms with Gasteiger partial charge in [-0.05, 0) is 12.3 Å². The van der Waals surface area contributed by atoms with Crippen molar-refractivity contribution in [2.45, 2.75) is 39.8 Å². The van der Waals surface area contributed by atoms with Crippen LogP contribution in [-0.4, -0.2) is 25.2 Å². The highest BCUT2D eigenvalue weighted by Crippen LogP contribution is 2.28. The summed E-state index contributed by atoms with van der Waals surface area (Å²) in [6.45, 7) is 9.68. The van der Waals surface area contributed by atoms with E-state index in [1.54, 1.807) is 0 Å². The number of benzene rings is 1. The van der Waals surface area contributed by atoms with Crippen LogP contribution in [0.3, 0.4) is 0 Å². The van der Waals surface area contributed by atoms with E-state index in [0.717, 1.165) is 18.7 Å². The second-order valence-corrected chi connectivity index (χ2v) is 6.55. The fourth-order valence-corrected chi connectivity index (χ4v) is 2.51. The van der Waals surface area contributed by atoms with E-state index in [0.29, 0.717) is 12.2 Å². The Bertz CT molecular complexity index is 473. The van der Waals surface area contributed by atoms with Gasteiger partial charge in [0, 0.05) is 43.0 Å². The molecule has 1 N–H and O–H groups in total.